The van der Waals surface area contributed by atoms with Crippen LogP contribution in [0, 0.1) is 0 Å². The molecule has 3 N–H and O–H groups in total. The van der Waals surface area contributed by atoms with Crippen LogP contribution < -0.4 is 16.2 Å². The molecule has 0 saturated carbocycles. The van der Waals surface area contributed by atoms with Gasteiger partial charge in [0.05, 0.1) is 5.39 Å². The molecule has 28 heavy (non-hydrogen) atoms. The van der Waals surface area contributed by atoms with Gasteiger partial charge >= 0.3 is 0 Å². The molecular formula is C20H20N4O3S. The highest BCUT2D eigenvalue weighted by Gasteiger charge is 2.21. The molecule has 3 aromatic rings. The van der Waals surface area contributed by atoms with Crippen molar-refractivity contribution in [2.45, 2.75) is 39.0 Å². The Morgan fingerprint density at radius 3 is 2.79 bits per heavy atom. The fourth-order valence-corrected chi connectivity index (χ4v) is 4.78. The molecular weight excluding hydrogens is 376 g/mol. The number of rotatable bonds is 5. The van der Waals surface area contributed by atoms with E-state index in [2.05, 4.69) is 20.6 Å². The second-order valence-electron chi connectivity index (χ2n) is 6.86. The van der Waals surface area contributed by atoms with E-state index in [1.807, 2.05) is 0 Å². The summed E-state index contributed by atoms with van der Waals surface area (Å²) in [6.45, 7) is 1.43. The lowest BCUT2D eigenvalue weighted by Gasteiger charge is -2.08. The van der Waals surface area contributed by atoms with Crippen LogP contribution in [0.25, 0.3) is 10.2 Å². The maximum atomic E-state index is 12.5. The van der Waals surface area contributed by atoms with Crippen LogP contribution in [0.15, 0.2) is 29.1 Å². The van der Waals surface area contributed by atoms with E-state index in [1.54, 1.807) is 35.6 Å². The molecule has 7 nitrogen and oxygen atoms in total. The SMILES string of the molecule is CC(=O)Nc1cccc(NC(=O)CCc2nc3sc4c(c3c(=O)[nH]2)CCC4)c1. The first-order chi connectivity index (χ1) is 13.5. The summed E-state index contributed by atoms with van der Waals surface area (Å²) in [4.78, 5) is 45.3. The average Bonchev–Trinajstić information content (AvgIpc) is 3.20. The van der Waals surface area contributed by atoms with Crippen molar-refractivity contribution in [1.29, 1.82) is 0 Å². The zero-order chi connectivity index (χ0) is 19.7. The highest BCUT2D eigenvalue weighted by Crippen LogP contribution is 2.34. The normalized spacial score (nSPS) is 12.8. The molecule has 144 valence electrons. The second-order valence-corrected chi connectivity index (χ2v) is 7.94. The highest BCUT2D eigenvalue weighted by atomic mass is 32.1. The Balaban J connectivity index is 1.42. The number of aromatic nitrogens is 2. The lowest BCUT2D eigenvalue weighted by Crippen LogP contribution is -2.16. The number of anilines is 2. The van der Waals surface area contributed by atoms with Crippen LogP contribution in [0.1, 0.15) is 36.0 Å². The molecule has 0 atom stereocenters. The summed E-state index contributed by atoms with van der Waals surface area (Å²) in [5, 5.41) is 6.20. The number of H-pyrrole nitrogens is 1. The largest absolute Gasteiger partial charge is 0.326 e. The fourth-order valence-electron chi connectivity index (χ4n) is 3.50. The fraction of sp³-hybridized carbons (Fsp3) is 0.300. The van der Waals surface area contributed by atoms with E-state index in [-0.39, 0.29) is 23.8 Å². The molecule has 0 bridgehead atoms. The number of hydrogen-bond acceptors (Lipinski definition) is 5. The van der Waals surface area contributed by atoms with E-state index in [9.17, 15) is 14.4 Å². The van der Waals surface area contributed by atoms with Gasteiger partial charge in [0.25, 0.3) is 5.56 Å². The zero-order valence-corrected chi connectivity index (χ0v) is 16.2. The van der Waals surface area contributed by atoms with Gasteiger partial charge in [-0.2, -0.15) is 0 Å². The van der Waals surface area contributed by atoms with Crippen molar-refractivity contribution in [3.63, 3.8) is 0 Å². The van der Waals surface area contributed by atoms with Crippen LogP contribution in [-0.2, 0) is 28.9 Å². The zero-order valence-electron chi connectivity index (χ0n) is 15.4. The molecule has 0 fully saturated rings. The van der Waals surface area contributed by atoms with Crippen molar-refractivity contribution in [2.24, 2.45) is 0 Å². The predicted octanol–water partition coefficient (Wildman–Crippen LogP) is 3.00. The Labute approximate surface area is 165 Å². The highest BCUT2D eigenvalue weighted by molar-refractivity contribution is 7.18. The third-order valence-corrected chi connectivity index (χ3v) is 5.87. The van der Waals surface area contributed by atoms with Crippen molar-refractivity contribution in [1.82, 2.24) is 9.97 Å². The van der Waals surface area contributed by atoms with Gasteiger partial charge in [0.1, 0.15) is 10.7 Å². The van der Waals surface area contributed by atoms with Crippen LogP contribution >= 0.6 is 11.3 Å². The van der Waals surface area contributed by atoms with Crippen LogP contribution in [0.3, 0.4) is 0 Å². The third kappa shape index (κ3) is 3.82. The number of nitrogens with zero attached hydrogens (tertiary/aromatic N) is 1. The molecule has 0 spiro atoms. The number of thiophene rings is 1. The van der Waals surface area contributed by atoms with Crippen LogP contribution in [0.2, 0.25) is 0 Å². The molecule has 1 aliphatic rings. The van der Waals surface area contributed by atoms with Gasteiger partial charge in [-0.1, -0.05) is 6.07 Å². The van der Waals surface area contributed by atoms with Crippen LogP contribution in [0.5, 0.6) is 0 Å². The number of nitrogens with one attached hydrogen (secondary N) is 3. The van der Waals surface area contributed by atoms with Crippen molar-refractivity contribution in [2.75, 3.05) is 10.6 Å². The van der Waals surface area contributed by atoms with Gasteiger partial charge in [-0.3, -0.25) is 14.4 Å². The molecule has 8 heteroatoms. The van der Waals surface area contributed by atoms with Gasteiger partial charge < -0.3 is 15.6 Å². The number of aryl methyl sites for hydroxylation is 3. The Hall–Kier alpha value is -3.00. The Morgan fingerprint density at radius 1 is 1.21 bits per heavy atom. The molecule has 0 aliphatic heterocycles. The molecule has 0 saturated heterocycles. The van der Waals surface area contributed by atoms with Crippen LogP contribution in [-0.4, -0.2) is 21.8 Å². The average molecular weight is 396 g/mol. The molecule has 2 aromatic heterocycles. The first-order valence-electron chi connectivity index (χ1n) is 9.20. The summed E-state index contributed by atoms with van der Waals surface area (Å²) in [6.07, 6.45) is 3.61. The monoisotopic (exact) mass is 396 g/mol. The van der Waals surface area contributed by atoms with E-state index < -0.39 is 0 Å². The van der Waals surface area contributed by atoms with Crippen molar-refractivity contribution >= 4 is 44.7 Å². The van der Waals surface area contributed by atoms with E-state index in [4.69, 9.17) is 0 Å². The minimum Gasteiger partial charge on any atom is -0.326 e. The molecule has 0 radical (unpaired) electrons. The molecule has 2 amide bonds. The summed E-state index contributed by atoms with van der Waals surface area (Å²) in [5.41, 5.74) is 2.26. The quantitative estimate of drug-likeness (QED) is 0.617. The van der Waals surface area contributed by atoms with E-state index in [0.29, 0.717) is 23.6 Å². The maximum absolute atomic E-state index is 12.5. The Morgan fingerprint density at radius 2 is 2.00 bits per heavy atom. The predicted molar refractivity (Wildman–Crippen MR) is 110 cm³/mol. The van der Waals surface area contributed by atoms with E-state index >= 15 is 0 Å². The summed E-state index contributed by atoms with van der Waals surface area (Å²) < 4.78 is 0. The minimum atomic E-state index is -0.184. The third-order valence-electron chi connectivity index (χ3n) is 4.68. The van der Waals surface area contributed by atoms with E-state index in [1.165, 1.54) is 11.8 Å². The van der Waals surface area contributed by atoms with Crippen molar-refractivity contribution in [3.8, 4) is 0 Å². The number of amides is 2. The van der Waals surface area contributed by atoms with Crippen molar-refractivity contribution < 1.29 is 9.59 Å². The van der Waals surface area contributed by atoms with Crippen molar-refractivity contribution in [3.05, 3.63) is 50.9 Å². The minimum absolute atomic E-state index is 0.109. The summed E-state index contributed by atoms with van der Waals surface area (Å²) >= 11 is 1.59. The summed E-state index contributed by atoms with van der Waals surface area (Å²) in [5.74, 6) is 0.171. The molecule has 4 rings (SSSR count). The van der Waals surface area contributed by atoms with Gasteiger partial charge in [0.2, 0.25) is 11.8 Å². The Kier molecular flexibility index (Phi) is 4.95. The topological polar surface area (TPSA) is 104 Å². The lowest BCUT2D eigenvalue weighted by molar-refractivity contribution is -0.116. The van der Waals surface area contributed by atoms with E-state index in [0.717, 1.165) is 35.0 Å². The number of hydrogen-bond donors (Lipinski definition) is 3. The lowest BCUT2D eigenvalue weighted by atomic mass is 10.2. The van der Waals surface area contributed by atoms with Gasteiger partial charge in [-0.15, -0.1) is 11.3 Å². The molecule has 2 heterocycles. The second kappa shape index (κ2) is 7.55. The number of carbonyl (C=O) groups excluding carboxylic acids is 2. The smallest absolute Gasteiger partial charge is 0.259 e. The first-order valence-corrected chi connectivity index (χ1v) is 10.0. The maximum Gasteiger partial charge on any atom is 0.259 e. The van der Waals surface area contributed by atoms with Crippen LogP contribution in [0.4, 0.5) is 11.4 Å². The van der Waals surface area contributed by atoms with Gasteiger partial charge in [0, 0.05) is 36.0 Å². The van der Waals surface area contributed by atoms with Gasteiger partial charge in [-0.25, -0.2) is 4.98 Å². The number of aromatic amines is 1. The number of benzene rings is 1. The molecule has 0 unspecified atom stereocenters. The first kappa shape index (κ1) is 18.4. The number of fused-ring (bicyclic) bond motifs is 3. The summed E-state index contributed by atoms with van der Waals surface area (Å²) in [6, 6.07) is 6.95. The molecule has 1 aromatic carbocycles. The number of carbonyl (C=O) groups is 2. The standard InChI is InChI=1S/C20H20N4O3S/c1-11(25)21-12-4-2-5-13(10-12)22-17(26)9-8-16-23-19(27)18-14-6-3-7-15(14)28-20(18)24-16/h2,4-5,10H,3,6-9H2,1H3,(H,21,25)(H,22,26)(H,23,24,27). The van der Waals surface area contributed by atoms with Gasteiger partial charge in [-0.05, 0) is 43.0 Å². The summed E-state index contributed by atoms with van der Waals surface area (Å²) in [7, 11) is 0. The molecule has 1 aliphatic carbocycles. The Bertz CT molecular complexity index is 1130. The van der Waals surface area contributed by atoms with Gasteiger partial charge in [0.15, 0.2) is 0 Å².